The number of thiocarbonyl (C=S) groups is 1. The Balaban J connectivity index is 1.61. The largest absolute Gasteiger partial charge is 0.274 e. The van der Waals surface area contributed by atoms with E-state index in [2.05, 4.69) is 10.5 Å². The molecular formula is C20H25N3O2S2. The zero-order valence-corrected chi connectivity index (χ0v) is 17.7. The minimum absolute atomic E-state index is 0.0701. The van der Waals surface area contributed by atoms with Gasteiger partial charge in [-0.25, -0.2) is 0 Å². The second-order valence-electron chi connectivity index (χ2n) is 7.95. The molecule has 1 aromatic rings. The van der Waals surface area contributed by atoms with E-state index < -0.39 is 5.41 Å². The summed E-state index contributed by atoms with van der Waals surface area (Å²) in [5.41, 5.74) is 3.89. The molecule has 0 spiro atoms. The maximum absolute atomic E-state index is 13.0. The fraction of sp³-hybridized carbons (Fsp3) is 0.500. The van der Waals surface area contributed by atoms with Crippen LogP contribution in [-0.2, 0) is 9.59 Å². The van der Waals surface area contributed by atoms with Crippen molar-refractivity contribution in [1.82, 2.24) is 10.3 Å². The second kappa shape index (κ2) is 7.36. The van der Waals surface area contributed by atoms with E-state index in [0.717, 1.165) is 24.1 Å². The molecule has 144 valence electrons. The monoisotopic (exact) mass is 403 g/mol. The van der Waals surface area contributed by atoms with Crippen LogP contribution in [0.1, 0.15) is 46.1 Å². The summed E-state index contributed by atoms with van der Waals surface area (Å²) in [6, 6.07) is 9.79. The number of fused-ring (bicyclic) bond motifs is 2. The molecule has 1 aromatic carbocycles. The summed E-state index contributed by atoms with van der Waals surface area (Å²) < 4.78 is 0.438. The van der Waals surface area contributed by atoms with E-state index in [9.17, 15) is 9.59 Å². The topological polar surface area (TPSA) is 61.8 Å². The minimum Gasteiger partial charge on any atom is -0.274 e. The predicted molar refractivity (Wildman–Crippen MR) is 113 cm³/mol. The fourth-order valence-electron chi connectivity index (χ4n) is 4.05. The molecule has 1 aliphatic heterocycles. The van der Waals surface area contributed by atoms with Gasteiger partial charge in [0.2, 0.25) is 11.8 Å². The third-order valence-electron chi connectivity index (χ3n) is 6.34. The van der Waals surface area contributed by atoms with Crippen molar-refractivity contribution in [3.8, 4) is 0 Å². The molecule has 2 fully saturated rings. The summed E-state index contributed by atoms with van der Waals surface area (Å²) in [7, 11) is 0. The molecule has 2 bridgehead atoms. The number of rotatable bonds is 4. The number of carbonyl (C=O) groups is 2. The summed E-state index contributed by atoms with van der Waals surface area (Å²) in [5.74, 6) is -0.0172. The van der Waals surface area contributed by atoms with Crippen molar-refractivity contribution in [3.63, 3.8) is 0 Å². The van der Waals surface area contributed by atoms with Crippen LogP contribution in [-0.4, -0.2) is 32.6 Å². The van der Waals surface area contributed by atoms with Crippen LogP contribution in [0.4, 0.5) is 0 Å². The van der Waals surface area contributed by atoms with Crippen LogP contribution in [0.5, 0.6) is 0 Å². The quantitative estimate of drug-likeness (QED) is 0.359. The zero-order valence-electron chi connectivity index (χ0n) is 16.1. The summed E-state index contributed by atoms with van der Waals surface area (Å²) >= 11 is 6.57. The van der Waals surface area contributed by atoms with Crippen molar-refractivity contribution in [2.24, 2.45) is 21.8 Å². The van der Waals surface area contributed by atoms with Gasteiger partial charge in [-0.2, -0.15) is 5.10 Å². The highest BCUT2D eigenvalue weighted by atomic mass is 32.2. The van der Waals surface area contributed by atoms with Crippen molar-refractivity contribution in [3.05, 3.63) is 35.9 Å². The fourth-order valence-corrected chi connectivity index (χ4v) is 4.86. The third kappa shape index (κ3) is 3.43. The number of carbonyl (C=O) groups excluding carboxylic acids is 2. The first-order valence-electron chi connectivity index (χ1n) is 9.07. The Bertz CT molecular complexity index is 807. The average Bonchev–Trinajstić information content (AvgIpc) is 2.84. The molecule has 27 heavy (non-hydrogen) atoms. The number of thioether (sulfide) groups is 1. The highest BCUT2D eigenvalue weighted by Gasteiger charge is 2.64. The minimum atomic E-state index is -0.483. The summed E-state index contributed by atoms with van der Waals surface area (Å²) in [6.45, 7) is 7.97. The molecule has 1 aliphatic carbocycles. The van der Waals surface area contributed by atoms with Crippen LogP contribution in [0.2, 0.25) is 0 Å². The first kappa shape index (κ1) is 20.0. The lowest BCUT2D eigenvalue weighted by atomic mass is 9.62. The molecule has 2 unspecified atom stereocenters. The van der Waals surface area contributed by atoms with Crippen molar-refractivity contribution < 1.29 is 9.59 Å². The van der Waals surface area contributed by atoms with E-state index >= 15 is 0 Å². The van der Waals surface area contributed by atoms with Crippen LogP contribution >= 0.6 is 24.0 Å². The van der Waals surface area contributed by atoms with E-state index in [0.29, 0.717) is 4.32 Å². The Morgan fingerprint density at radius 3 is 2.63 bits per heavy atom. The van der Waals surface area contributed by atoms with Gasteiger partial charge in [-0.1, -0.05) is 75.1 Å². The lowest BCUT2D eigenvalue weighted by Gasteiger charge is -2.47. The van der Waals surface area contributed by atoms with Crippen LogP contribution in [0.25, 0.3) is 0 Å². The molecule has 0 radical (unpaired) electrons. The SMILES string of the molecule is C/C(=N/NC(=S)SCN1C(=O)C2CCC(C)(C1=O)C2(C)C)c1ccccc1. The maximum atomic E-state index is 13.0. The number of nitrogens with zero attached hydrogens (tertiary/aromatic N) is 2. The molecule has 1 heterocycles. The molecule has 5 nitrogen and oxygen atoms in total. The number of amides is 2. The Kier molecular flexibility index (Phi) is 5.45. The van der Waals surface area contributed by atoms with Gasteiger partial charge >= 0.3 is 0 Å². The van der Waals surface area contributed by atoms with Gasteiger partial charge in [-0.15, -0.1) is 0 Å². The van der Waals surface area contributed by atoms with Crippen molar-refractivity contribution in [2.75, 3.05) is 5.88 Å². The number of likely N-dealkylation sites (tertiary alicyclic amines) is 1. The average molecular weight is 404 g/mol. The summed E-state index contributed by atoms with van der Waals surface area (Å²) in [5, 5.41) is 4.29. The normalized spacial score (nSPS) is 27.0. The maximum Gasteiger partial charge on any atom is 0.236 e. The van der Waals surface area contributed by atoms with Gasteiger partial charge in [0.15, 0.2) is 4.32 Å². The Morgan fingerprint density at radius 1 is 1.30 bits per heavy atom. The van der Waals surface area contributed by atoms with Gasteiger partial charge < -0.3 is 0 Å². The summed E-state index contributed by atoms with van der Waals surface area (Å²) in [4.78, 5) is 27.2. The number of imide groups is 1. The number of hydrogen-bond donors (Lipinski definition) is 1. The van der Waals surface area contributed by atoms with Gasteiger partial charge in [0.25, 0.3) is 0 Å². The molecule has 1 saturated carbocycles. The Labute approximate surface area is 170 Å². The van der Waals surface area contributed by atoms with Crippen LogP contribution in [0.3, 0.4) is 0 Å². The van der Waals surface area contributed by atoms with E-state index in [1.807, 2.05) is 58.0 Å². The van der Waals surface area contributed by atoms with Crippen molar-refractivity contribution in [2.45, 2.75) is 40.5 Å². The highest BCUT2D eigenvalue weighted by molar-refractivity contribution is 8.22. The first-order chi connectivity index (χ1) is 12.7. The van der Waals surface area contributed by atoms with E-state index in [1.165, 1.54) is 16.7 Å². The number of benzene rings is 1. The molecule has 1 saturated heterocycles. The molecule has 3 rings (SSSR count). The number of hydrogen-bond acceptors (Lipinski definition) is 5. The van der Waals surface area contributed by atoms with E-state index in [-0.39, 0.29) is 29.0 Å². The molecule has 0 aromatic heterocycles. The zero-order chi connectivity index (χ0) is 19.8. The van der Waals surface area contributed by atoms with E-state index in [4.69, 9.17) is 12.2 Å². The molecule has 2 amide bonds. The number of piperidine rings is 1. The highest BCUT2D eigenvalue weighted by Crippen LogP contribution is 2.60. The second-order valence-corrected chi connectivity index (χ2v) is 9.57. The van der Waals surface area contributed by atoms with Gasteiger partial charge in [0.05, 0.1) is 17.0 Å². The molecule has 2 aliphatic rings. The standard InChI is InChI=1S/C20H25N3O2S2/c1-13(14-8-6-5-7-9-14)21-22-18(26)27-12-23-16(24)15-10-11-20(4,17(23)25)19(15,2)3/h5-9,15H,10-12H2,1-4H3,(H,22,26)/b21-13-. The third-order valence-corrected chi connectivity index (χ3v) is 7.52. The number of hydrazone groups is 1. The van der Waals surface area contributed by atoms with Crippen LogP contribution in [0.15, 0.2) is 35.4 Å². The van der Waals surface area contributed by atoms with Gasteiger partial charge in [-0.05, 0) is 30.7 Å². The molecule has 7 heteroatoms. The molecule has 1 N–H and O–H groups in total. The Hall–Kier alpha value is -1.73. The molecular weight excluding hydrogens is 378 g/mol. The Morgan fingerprint density at radius 2 is 1.96 bits per heavy atom. The van der Waals surface area contributed by atoms with Gasteiger partial charge in [0, 0.05) is 5.92 Å². The first-order valence-corrected chi connectivity index (χ1v) is 10.5. The van der Waals surface area contributed by atoms with Crippen molar-refractivity contribution >= 4 is 45.8 Å². The number of nitrogens with one attached hydrogen (secondary N) is 1. The lowest BCUT2D eigenvalue weighted by Crippen LogP contribution is -2.58. The summed E-state index contributed by atoms with van der Waals surface area (Å²) in [6.07, 6.45) is 1.54. The van der Waals surface area contributed by atoms with Crippen LogP contribution < -0.4 is 5.43 Å². The van der Waals surface area contributed by atoms with Gasteiger partial charge in [-0.3, -0.25) is 19.9 Å². The predicted octanol–water partition coefficient (Wildman–Crippen LogP) is 3.79. The van der Waals surface area contributed by atoms with Crippen molar-refractivity contribution in [1.29, 1.82) is 0 Å². The smallest absolute Gasteiger partial charge is 0.236 e. The van der Waals surface area contributed by atoms with Gasteiger partial charge in [0.1, 0.15) is 0 Å². The lowest BCUT2D eigenvalue weighted by molar-refractivity contribution is -0.166. The van der Waals surface area contributed by atoms with E-state index in [1.54, 1.807) is 0 Å². The molecule has 2 atom stereocenters. The van der Waals surface area contributed by atoms with Crippen LogP contribution in [0, 0.1) is 16.7 Å².